The first-order chi connectivity index (χ1) is 15.4. The van der Waals surface area contributed by atoms with Crippen LogP contribution in [0.1, 0.15) is 31.2 Å². The third kappa shape index (κ3) is 5.75. The normalized spacial score (nSPS) is 16.5. The zero-order valence-corrected chi connectivity index (χ0v) is 18.5. The molecule has 2 heterocycles. The number of rotatable bonds is 9. The fraction of sp³-hybridized carbons (Fsp3) is 0.391. The molecule has 3 rings (SSSR count). The fourth-order valence-electron chi connectivity index (χ4n) is 3.51. The summed E-state index contributed by atoms with van der Waals surface area (Å²) in [7, 11) is 3.38. The topological polar surface area (TPSA) is 107 Å². The van der Waals surface area contributed by atoms with Crippen molar-refractivity contribution < 1.29 is 14.4 Å². The van der Waals surface area contributed by atoms with Gasteiger partial charge in [-0.2, -0.15) is 0 Å². The number of nitrogens with one attached hydrogen (secondary N) is 1. The van der Waals surface area contributed by atoms with E-state index in [-0.39, 0.29) is 24.4 Å². The number of aromatic nitrogens is 1. The summed E-state index contributed by atoms with van der Waals surface area (Å²) in [4.78, 5) is 52.6. The van der Waals surface area contributed by atoms with Gasteiger partial charge in [0.15, 0.2) is 0 Å². The minimum absolute atomic E-state index is 0.0317. The van der Waals surface area contributed by atoms with E-state index in [4.69, 9.17) is 0 Å². The Morgan fingerprint density at radius 1 is 1.38 bits per heavy atom. The SMILES string of the molecule is C=C(/C=N\C=N/C)c1ccc(NC(=O)CN2CCCC(C=O)=C2C(=O)N(C)C2CC2)nc1. The van der Waals surface area contributed by atoms with Gasteiger partial charge in [-0.05, 0) is 43.4 Å². The van der Waals surface area contributed by atoms with Crippen LogP contribution in [0.3, 0.4) is 0 Å². The first-order valence-electron chi connectivity index (χ1n) is 10.5. The molecule has 9 heteroatoms. The van der Waals surface area contributed by atoms with Crippen LogP contribution >= 0.6 is 0 Å². The standard InChI is InChI=1S/C23H28N6O3/c1-16(11-25-15-24-2)17-6-9-20(26-12-17)27-21(31)13-29-10-4-5-18(14-30)22(29)23(32)28(3)19-7-8-19/h6,9,11-12,14-15,19H,1,4-5,7-8,10,13H2,2-3H3,(H,26,27,31)/b24-15-,25-11-. The molecule has 1 saturated carbocycles. The van der Waals surface area contributed by atoms with Gasteiger partial charge in [-0.15, -0.1) is 0 Å². The maximum atomic E-state index is 13.0. The molecule has 0 bridgehead atoms. The zero-order chi connectivity index (χ0) is 23.1. The van der Waals surface area contributed by atoms with Crippen LogP contribution in [0, 0.1) is 0 Å². The summed E-state index contributed by atoms with van der Waals surface area (Å²) in [5.41, 5.74) is 2.22. The van der Waals surface area contributed by atoms with Crippen molar-refractivity contribution in [2.75, 3.05) is 32.5 Å². The van der Waals surface area contributed by atoms with Gasteiger partial charge in [0.25, 0.3) is 5.91 Å². The van der Waals surface area contributed by atoms with Gasteiger partial charge in [-0.3, -0.25) is 19.4 Å². The second-order valence-corrected chi connectivity index (χ2v) is 7.82. The third-order valence-corrected chi connectivity index (χ3v) is 5.40. The minimum Gasteiger partial charge on any atom is -0.357 e. The zero-order valence-electron chi connectivity index (χ0n) is 18.5. The average Bonchev–Trinajstić information content (AvgIpc) is 3.64. The Kier molecular flexibility index (Phi) is 7.64. The highest BCUT2D eigenvalue weighted by molar-refractivity contribution is 6.10. The Bertz CT molecular complexity index is 976. The van der Waals surface area contributed by atoms with E-state index >= 15 is 0 Å². The first-order valence-corrected chi connectivity index (χ1v) is 10.5. The molecule has 1 aliphatic heterocycles. The Hall–Kier alpha value is -3.62. The van der Waals surface area contributed by atoms with Crippen LogP contribution in [0.2, 0.25) is 0 Å². The number of aldehydes is 1. The van der Waals surface area contributed by atoms with Crippen LogP contribution in [0.25, 0.3) is 5.57 Å². The molecule has 0 atom stereocenters. The van der Waals surface area contributed by atoms with E-state index in [1.807, 2.05) is 0 Å². The van der Waals surface area contributed by atoms with Crippen molar-refractivity contribution in [3.8, 4) is 0 Å². The van der Waals surface area contributed by atoms with E-state index in [0.717, 1.165) is 24.7 Å². The molecule has 0 unspecified atom stereocenters. The number of allylic oxidation sites excluding steroid dienone is 2. The van der Waals surface area contributed by atoms with Crippen molar-refractivity contribution in [3.05, 3.63) is 41.7 Å². The number of likely N-dealkylation sites (N-methyl/N-ethyl adjacent to an activating group) is 1. The molecule has 0 radical (unpaired) electrons. The molecule has 2 aliphatic rings. The van der Waals surface area contributed by atoms with E-state index in [2.05, 4.69) is 26.9 Å². The summed E-state index contributed by atoms with van der Waals surface area (Å²) in [5.74, 6) is -0.118. The number of carbonyl (C=O) groups is 3. The molecule has 1 fully saturated rings. The number of carbonyl (C=O) groups excluding carboxylic acids is 3. The second-order valence-electron chi connectivity index (χ2n) is 7.82. The number of amides is 2. The fourth-order valence-corrected chi connectivity index (χ4v) is 3.51. The number of pyridine rings is 1. The van der Waals surface area contributed by atoms with Gasteiger partial charge in [0.2, 0.25) is 5.91 Å². The van der Waals surface area contributed by atoms with E-state index in [1.165, 1.54) is 6.34 Å². The van der Waals surface area contributed by atoms with E-state index in [1.54, 1.807) is 48.4 Å². The molecule has 32 heavy (non-hydrogen) atoms. The summed E-state index contributed by atoms with van der Waals surface area (Å²) in [6.45, 7) is 4.43. The van der Waals surface area contributed by atoms with E-state index in [0.29, 0.717) is 42.0 Å². The third-order valence-electron chi connectivity index (χ3n) is 5.40. The predicted molar refractivity (Wildman–Crippen MR) is 124 cm³/mol. The molecule has 168 valence electrons. The Morgan fingerprint density at radius 3 is 2.78 bits per heavy atom. The Labute approximate surface area is 187 Å². The maximum Gasteiger partial charge on any atom is 0.270 e. The van der Waals surface area contributed by atoms with Crippen molar-refractivity contribution in [1.82, 2.24) is 14.8 Å². The van der Waals surface area contributed by atoms with Crippen molar-refractivity contribution in [1.29, 1.82) is 0 Å². The summed E-state index contributed by atoms with van der Waals surface area (Å²) in [6, 6.07) is 3.68. The van der Waals surface area contributed by atoms with E-state index < -0.39 is 0 Å². The highest BCUT2D eigenvalue weighted by Gasteiger charge is 2.35. The summed E-state index contributed by atoms with van der Waals surface area (Å²) >= 11 is 0. The highest BCUT2D eigenvalue weighted by atomic mass is 16.2. The lowest BCUT2D eigenvalue weighted by molar-refractivity contribution is -0.129. The van der Waals surface area contributed by atoms with Crippen LogP contribution in [0.5, 0.6) is 0 Å². The molecule has 0 spiro atoms. The lowest BCUT2D eigenvalue weighted by atomic mass is 10.0. The molecule has 1 aliphatic carbocycles. The quantitative estimate of drug-likeness (QED) is 0.362. The molecule has 1 aromatic heterocycles. The van der Waals surface area contributed by atoms with Crippen molar-refractivity contribution in [2.45, 2.75) is 31.7 Å². The van der Waals surface area contributed by atoms with Gasteiger partial charge in [-0.25, -0.2) is 9.98 Å². The monoisotopic (exact) mass is 436 g/mol. The van der Waals surface area contributed by atoms with Gasteiger partial charge in [-0.1, -0.05) is 6.58 Å². The number of nitrogens with zero attached hydrogens (tertiary/aromatic N) is 5. The van der Waals surface area contributed by atoms with Crippen molar-refractivity contribution in [2.24, 2.45) is 9.98 Å². The number of hydrogen-bond acceptors (Lipinski definition) is 6. The van der Waals surface area contributed by atoms with Crippen LogP contribution < -0.4 is 5.32 Å². The van der Waals surface area contributed by atoms with Crippen LogP contribution in [0.4, 0.5) is 5.82 Å². The molecule has 1 aromatic rings. The lowest BCUT2D eigenvalue weighted by Gasteiger charge is -2.33. The molecule has 1 N–H and O–H groups in total. The first kappa shape index (κ1) is 23.1. The molecule has 2 amide bonds. The predicted octanol–water partition coefficient (Wildman–Crippen LogP) is 1.93. The van der Waals surface area contributed by atoms with Gasteiger partial charge in [0.1, 0.15) is 24.1 Å². The van der Waals surface area contributed by atoms with Crippen molar-refractivity contribution in [3.63, 3.8) is 0 Å². The smallest absolute Gasteiger partial charge is 0.270 e. The molecular formula is C23H28N6O3. The highest BCUT2D eigenvalue weighted by Crippen LogP contribution is 2.29. The number of anilines is 1. The second kappa shape index (κ2) is 10.6. The Morgan fingerprint density at radius 2 is 2.16 bits per heavy atom. The molecular weight excluding hydrogens is 408 g/mol. The molecule has 9 nitrogen and oxygen atoms in total. The van der Waals surface area contributed by atoms with Gasteiger partial charge >= 0.3 is 0 Å². The summed E-state index contributed by atoms with van der Waals surface area (Å²) in [6.07, 6.45) is 8.52. The number of aliphatic imine (C=N–C) groups is 2. The average molecular weight is 437 g/mol. The largest absolute Gasteiger partial charge is 0.357 e. The van der Waals surface area contributed by atoms with Gasteiger partial charge < -0.3 is 15.1 Å². The van der Waals surface area contributed by atoms with Crippen LogP contribution in [-0.4, -0.2) is 78.7 Å². The minimum atomic E-state index is -0.309. The van der Waals surface area contributed by atoms with Gasteiger partial charge in [0.05, 0.1) is 6.54 Å². The van der Waals surface area contributed by atoms with E-state index in [9.17, 15) is 14.4 Å². The number of hydrogen-bond donors (Lipinski definition) is 1. The van der Waals surface area contributed by atoms with Gasteiger partial charge in [0, 0.05) is 50.2 Å². The van der Waals surface area contributed by atoms with Crippen molar-refractivity contribution >= 4 is 42.0 Å². The molecule has 0 aromatic carbocycles. The lowest BCUT2D eigenvalue weighted by Crippen LogP contribution is -2.43. The maximum absolute atomic E-state index is 13.0. The summed E-state index contributed by atoms with van der Waals surface area (Å²) in [5, 5.41) is 2.75. The molecule has 0 saturated heterocycles. The summed E-state index contributed by atoms with van der Waals surface area (Å²) < 4.78 is 0. The van der Waals surface area contributed by atoms with Crippen LogP contribution in [-0.2, 0) is 14.4 Å². The van der Waals surface area contributed by atoms with Crippen LogP contribution in [0.15, 0.2) is 46.2 Å². The Balaban J connectivity index is 1.65.